The van der Waals surface area contributed by atoms with E-state index < -0.39 is 24.2 Å². The van der Waals surface area contributed by atoms with Crippen LogP contribution in [0.15, 0.2) is 0 Å². The third kappa shape index (κ3) is 2.69. The fraction of sp³-hybridized carbons (Fsp3) is 0.833. The van der Waals surface area contributed by atoms with Crippen LogP contribution in [0.2, 0.25) is 0 Å². The molecule has 0 heterocycles. The Hall–Kier alpha value is -0.780. The van der Waals surface area contributed by atoms with Crippen molar-refractivity contribution in [2.75, 3.05) is 0 Å². The smallest absolute Gasteiger partial charge is 0.415 e. The van der Waals surface area contributed by atoms with Gasteiger partial charge in [-0.05, 0) is 6.42 Å². The van der Waals surface area contributed by atoms with Gasteiger partial charge in [-0.25, -0.2) is 0 Å². The molecule has 0 aliphatic heterocycles. The zero-order chi connectivity index (χ0) is 9.94. The topological polar surface area (TPSA) is 57.5 Å². The van der Waals surface area contributed by atoms with Gasteiger partial charge in [0.1, 0.15) is 0 Å². The lowest BCUT2D eigenvalue weighted by Crippen LogP contribution is -2.39. The third-order valence-electron chi connectivity index (χ3n) is 1.47. The summed E-state index contributed by atoms with van der Waals surface area (Å²) in [5, 5.41) is 16.8. The van der Waals surface area contributed by atoms with Gasteiger partial charge in [0.15, 0.2) is 6.10 Å². The molecule has 0 radical (unpaired) electrons. The van der Waals surface area contributed by atoms with E-state index in [0.29, 0.717) is 0 Å². The van der Waals surface area contributed by atoms with Crippen LogP contribution in [0, 0.1) is 5.92 Å². The van der Waals surface area contributed by atoms with Gasteiger partial charge in [-0.2, -0.15) is 13.2 Å². The van der Waals surface area contributed by atoms with E-state index in [4.69, 9.17) is 10.2 Å². The lowest BCUT2D eigenvalue weighted by molar-refractivity contribution is -0.223. The van der Waals surface area contributed by atoms with Crippen LogP contribution in [0.4, 0.5) is 13.2 Å². The highest BCUT2D eigenvalue weighted by Gasteiger charge is 2.45. The number of carboxylic acids is 1. The minimum Gasteiger partial charge on any atom is -0.481 e. The molecule has 0 aliphatic carbocycles. The highest BCUT2D eigenvalue weighted by molar-refractivity contribution is 5.70. The monoisotopic (exact) mass is 186 g/mol. The van der Waals surface area contributed by atoms with Gasteiger partial charge in [-0.1, -0.05) is 6.92 Å². The number of carboxylic acid groups (broad SMARTS) is 1. The van der Waals surface area contributed by atoms with E-state index >= 15 is 0 Å². The Balaban J connectivity index is 4.42. The van der Waals surface area contributed by atoms with E-state index in [1.165, 1.54) is 6.92 Å². The summed E-state index contributed by atoms with van der Waals surface area (Å²) in [5.41, 5.74) is 0. The maximum Gasteiger partial charge on any atom is 0.415 e. The first-order valence-electron chi connectivity index (χ1n) is 3.28. The molecule has 3 nitrogen and oxygen atoms in total. The van der Waals surface area contributed by atoms with E-state index in [1.807, 2.05) is 0 Å². The normalized spacial score (nSPS) is 17.1. The summed E-state index contributed by atoms with van der Waals surface area (Å²) in [6.45, 7) is 1.27. The zero-order valence-electron chi connectivity index (χ0n) is 6.30. The molecule has 0 fully saturated rings. The summed E-state index contributed by atoms with van der Waals surface area (Å²) < 4.78 is 35.2. The van der Waals surface area contributed by atoms with Crippen LogP contribution in [0.25, 0.3) is 0 Å². The van der Waals surface area contributed by atoms with Gasteiger partial charge in [0.2, 0.25) is 0 Å². The second-order valence-corrected chi connectivity index (χ2v) is 2.34. The number of aliphatic hydroxyl groups excluding tert-OH is 1. The first-order valence-corrected chi connectivity index (χ1v) is 3.28. The highest BCUT2D eigenvalue weighted by Crippen LogP contribution is 2.27. The van der Waals surface area contributed by atoms with E-state index in [2.05, 4.69) is 0 Å². The predicted octanol–water partition coefficient (Wildman–Crippen LogP) is 1.02. The molecule has 0 aliphatic rings. The molecule has 0 unspecified atom stereocenters. The molecule has 0 aromatic heterocycles. The Morgan fingerprint density at radius 2 is 1.92 bits per heavy atom. The standard InChI is InChI=1S/C6H9F3O3/c1-2-3(5(11)12)4(10)6(7,8)9/h3-4,10H,2H2,1H3,(H,11,12)/t3-,4+/m1/s1. The molecular formula is C6H9F3O3. The Labute approximate surface area is 66.8 Å². The average Bonchev–Trinajstić information content (AvgIpc) is 1.86. The summed E-state index contributed by atoms with van der Waals surface area (Å²) in [4.78, 5) is 10.2. The molecule has 0 saturated heterocycles. The quantitative estimate of drug-likeness (QED) is 0.691. The van der Waals surface area contributed by atoms with Crippen molar-refractivity contribution in [3.8, 4) is 0 Å². The van der Waals surface area contributed by atoms with Crippen LogP contribution >= 0.6 is 0 Å². The molecule has 2 atom stereocenters. The first-order chi connectivity index (χ1) is 5.30. The second-order valence-electron chi connectivity index (χ2n) is 2.34. The zero-order valence-corrected chi connectivity index (χ0v) is 6.30. The molecule has 0 saturated carbocycles. The van der Waals surface area contributed by atoms with E-state index in [1.54, 1.807) is 0 Å². The lowest BCUT2D eigenvalue weighted by atomic mass is 9.99. The van der Waals surface area contributed by atoms with Gasteiger partial charge in [0.05, 0.1) is 5.92 Å². The van der Waals surface area contributed by atoms with E-state index in [-0.39, 0.29) is 6.42 Å². The number of aliphatic carboxylic acids is 1. The van der Waals surface area contributed by atoms with Crippen molar-refractivity contribution in [2.45, 2.75) is 25.6 Å². The fourth-order valence-electron chi connectivity index (χ4n) is 0.761. The molecule has 72 valence electrons. The van der Waals surface area contributed by atoms with Crippen molar-refractivity contribution in [3.63, 3.8) is 0 Å². The summed E-state index contributed by atoms with van der Waals surface area (Å²) >= 11 is 0. The van der Waals surface area contributed by atoms with Crippen molar-refractivity contribution in [3.05, 3.63) is 0 Å². The molecule has 0 aromatic rings. The maximum absolute atomic E-state index is 11.7. The number of hydrogen-bond acceptors (Lipinski definition) is 2. The maximum atomic E-state index is 11.7. The number of alkyl halides is 3. The number of hydrogen-bond donors (Lipinski definition) is 2. The van der Waals surface area contributed by atoms with Crippen LogP contribution in [-0.2, 0) is 4.79 Å². The van der Waals surface area contributed by atoms with Crippen LogP contribution in [0.1, 0.15) is 13.3 Å². The van der Waals surface area contributed by atoms with Crippen LogP contribution in [0.3, 0.4) is 0 Å². The molecule has 0 aromatic carbocycles. The Kier molecular flexibility index (Phi) is 3.51. The predicted molar refractivity (Wildman–Crippen MR) is 33.5 cm³/mol. The van der Waals surface area contributed by atoms with Gasteiger partial charge in [0.25, 0.3) is 0 Å². The minimum absolute atomic E-state index is 0.254. The van der Waals surface area contributed by atoms with Crippen LogP contribution in [0.5, 0.6) is 0 Å². The molecule has 12 heavy (non-hydrogen) atoms. The van der Waals surface area contributed by atoms with Crippen molar-refractivity contribution in [2.24, 2.45) is 5.92 Å². The molecule has 0 amide bonds. The number of aliphatic hydroxyl groups is 1. The molecule has 0 spiro atoms. The number of carbonyl (C=O) groups is 1. The molecular weight excluding hydrogens is 177 g/mol. The third-order valence-corrected chi connectivity index (χ3v) is 1.47. The summed E-state index contributed by atoms with van der Waals surface area (Å²) in [6.07, 6.45) is -7.89. The molecule has 0 bridgehead atoms. The summed E-state index contributed by atoms with van der Waals surface area (Å²) in [6, 6.07) is 0. The number of rotatable bonds is 3. The van der Waals surface area contributed by atoms with Gasteiger partial charge in [-0.15, -0.1) is 0 Å². The van der Waals surface area contributed by atoms with Gasteiger partial charge >= 0.3 is 12.1 Å². The van der Waals surface area contributed by atoms with Crippen molar-refractivity contribution in [1.82, 2.24) is 0 Å². The van der Waals surface area contributed by atoms with E-state index in [9.17, 15) is 18.0 Å². The summed E-state index contributed by atoms with van der Waals surface area (Å²) in [5.74, 6) is -3.41. The van der Waals surface area contributed by atoms with Crippen LogP contribution in [-0.4, -0.2) is 28.5 Å². The van der Waals surface area contributed by atoms with Gasteiger partial charge < -0.3 is 10.2 Å². The van der Waals surface area contributed by atoms with Gasteiger partial charge in [-0.3, -0.25) is 4.79 Å². The van der Waals surface area contributed by atoms with Crippen molar-refractivity contribution < 1.29 is 28.2 Å². The average molecular weight is 186 g/mol. The molecule has 2 N–H and O–H groups in total. The summed E-state index contributed by atoms with van der Waals surface area (Å²) in [7, 11) is 0. The Bertz CT molecular complexity index is 166. The Morgan fingerprint density at radius 1 is 1.50 bits per heavy atom. The van der Waals surface area contributed by atoms with Crippen LogP contribution < -0.4 is 0 Å². The van der Waals surface area contributed by atoms with Gasteiger partial charge in [0, 0.05) is 0 Å². The minimum atomic E-state index is -4.86. The highest BCUT2D eigenvalue weighted by atomic mass is 19.4. The van der Waals surface area contributed by atoms with Crippen molar-refractivity contribution in [1.29, 1.82) is 0 Å². The van der Waals surface area contributed by atoms with E-state index in [0.717, 1.165) is 0 Å². The first kappa shape index (κ1) is 11.2. The fourth-order valence-corrected chi connectivity index (χ4v) is 0.761. The lowest BCUT2D eigenvalue weighted by Gasteiger charge is -2.19. The molecule has 0 rings (SSSR count). The number of halogens is 3. The molecule has 6 heteroatoms. The second kappa shape index (κ2) is 3.75. The Morgan fingerprint density at radius 3 is 2.00 bits per heavy atom. The SMILES string of the molecule is CC[C@@H](C(=O)O)[C@H](O)C(F)(F)F. The van der Waals surface area contributed by atoms with Crippen molar-refractivity contribution >= 4 is 5.97 Å². The largest absolute Gasteiger partial charge is 0.481 e.